The molecule has 0 aliphatic carbocycles. The molecule has 0 saturated heterocycles. The number of nitrogens with one attached hydrogen (secondary N) is 1. The van der Waals surface area contributed by atoms with Gasteiger partial charge >= 0.3 is 0 Å². The van der Waals surface area contributed by atoms with Gasteiger partial charge in [-0.05, 0) is 36.6 Å². The molecule has 3 N–H and O–H groups in total. The number of aromatic amines is 1. The Hall–Kier alpha value is -1.42. The third kappa shape index (κ3) is 1.10. The minimum absolute atomic E-state index is 0.510. The van der Waals surface area contributed by atoms with Gasteiger partial charge in [0.25, 0.3) is 0 Å². The first-order valence-electron chi connectivity index (χ1n) is 4.23. The van der Waals surface area contributed by atoms with Crippen LogP contribution in [0.3, 0.4) is 0 Å². The average molecular weight is 176 g/mol. The van der Waals surface area contributed by atoms with Crippen LogP contribution >= 0.6 is 0 Å². The van der Waals surface area contributed by atoms with E-state index < -0.39 is 0 Å². The molecule has 0 aliphatic heterocycles. The minimum atomic E-state index is 0.510. The van der Waals surface area contributed by atoms with Crippen LogP contribution < -0.4 is 5.73 Å². The molecule has 1 aromatic carbocycles. The van der Waals surface area contributed by atoms with Crippen LogP contribution in [-0.2, 0) is 6.54 Å². The van der Waals surface area contributed by atoms with Gasteiger partial charge in [0.2, 0.25) is 0 Å². The summed E-state index contributed by atoms with van der Waals surface area (Å²) in [5.41, 5.74) is 11.0. The molecule has 2 rings (SSSR count). The van der Waals surface area contributed by atoms with E-state index in [2.05, 4.69) is 29.3 Å². The summed E-state index contributed by atoms with van der Waals surface area (Å²) < 4.78 is 0. The lowest BCUT2D eigenvalue weighted by molar-refractivity contribution is 0.953. The van der Waals surface area contributed by atoms with E-state index in [9.17, 15) is 0 Å². The highest BCUT2D eigenvalue weighted by Crippen LogP contribution is 2.21. The van der Waals surface area contributed by atoms with Crippen LogP contribution in [0.5, 0.6) is 0 Å². The van der Waals surface area contributed by atoms with Crippen molar-refractivity contribution < 1.29 is 0 Å². The van der Waals surface area contributed by atoms with E-state index in [0.717, 1.165) is 16.6 Å². The van der Waals surface area contributed by atoms with Gasteiger partial charge in [0, 0.05) is 6.54 Å². The zero-order valence-corrected chi connectivity index (χ0v) is 7.76. The second kappa shape index (κ2) is 2.81. The van der Waals surface area contributed by atoms with Crippen LogP contribution in [0.25, 0.3) is 11.0 Å². The molecular formula is C9H12N4. The number of benzene rings is 1. The molecule has 0 spiro atoms. The van der Waals surface area contributed by atoms with Gasteiger partial charge in [-0.3, -0.25) is 0 Å². The lowest BCUT2D eigenvalue weighted by atomic mass is 10.0. The van der Waals surface area contributed by atoms with Crippen molar-refractivity contribution in [3.63, 3.8) is 0 Å². The first-order chi connectivity index (χ1) is 6.24. The Labute approximate surface area is 76.1 Å². The summed E-state index contributed by atoms with van der Waals surface area (Å²) in [5.74, 6) is 0. The second-order valence-electron chi connectivity index (χ2n) is 3.19. The monoisotopic (exact) mass is 176 g/mol. The van der Waals surface area contributed by atoms with Gasteiger partial charge in [-0.15, -0.1) is 0 Å². The number of hydrogen-bond donors (Lipinski definition) is 2. The van der Waals surface area contributed by atoms with E-state index in [-0.39, 0.29) is 0 Å². The predicted octanol–water partition coefficient (Wildman–Crippen LogP) is 1.03. The molecule has 4 nitrogen and oxygen atoms in total. The Morgan fingerprint density at radius 1 is 1.38 bits per heavy atom. The summed E-state index contributed by atoms with van der Waals surface area (Å²) in [6.45, 7) is 4.63. The van der Waals surface area contributed by atoms with Crippen molar-refractivity contribution in [2.75, 3.05) is 0 Å². The Kier molecular flexibility index (Phi) is 1.77. The van der Waals surface area contributed by atoms with Gasteiger partial charge < -0.3 is 5.73 Å². The van der Waals surface area contributed by atoms with E-state index in [1.54, 1.807) is 0 Å². The Morgan fingerprint density at radius 2 is 2.15 bits per heavy atom. The Balaban J connectivity index is 2.87. The fourth-order valence-electron chi connectivity index (χ4n) is 1.54. The number of hydrogen-bond acceptors (Lipinski definition) is 3. The SMILES string of the molecule is Cc1cc2n[nH]nc2c(CN)c1C. The molecule has 0 saturated carbocycles. The second-order valence-corrected chi connectivity index (χ2v) is 3.19. The molecule has 0 radical (unpaired) electrons. The summed E-state index contributed by atoms with van der Waals surface area (Å²) in [6.07, 6.45) is 0. The maximum absolute atomic E-state index is 5.66. The van der Waals surface area contributed by atoms with Gasteiger partial charge in [0.05, 0.1) is 0 Å². The molecule has 68 valence electrons. The number of nitrogens with two attached hydrogens (primary N) is 1. The molecule has 13 heavy (non-hydrogen) atoms. The fourth-order valence-corrected chi connectivity index (χ4v) is 1.54. The molecule has 4 heteroatoms. The lowest BCUT2D eigenvalue weighted by Crippen LogP contribution is -2.01. The first kappa shape index (κ1) is 8.19. The van der Waals surface area contributed by atoms with Crippen LogP contribution in [0.2, 0.25) is 0 Å². The molecule has 1 heterocycles. The van der Waals surface area contributed by atoms with Crippen molar-refractivity contribution in [3.05, 3.63) is 22.8 Å². The molecule has 0 aliphatic rings. The highest BCUT2D eigenvalue weighted by atomic mass is 15.3. The summed E-state index contributed by atoms with van der Waals surface area (Å²) in [5, 5.41) is 10.7. The van der Waals surface area contributed by atoms with Crippen LogP contribution in [-0.4, -0.2) is 15.4 Å². The molecule has 0 unspecified atom stereocenters. The summed E-state index contributed by atoms with van der Waals surface area (Å²) in [7, 11) is 0. The topological polar surface area (TPSA) is 67.6 Å². The minimum Gasteiger partial charge on any atom is -0.326 e. The highest BCUT2D eigenvalue weighted by molar-refractivity contribution is 5.79. The molecule has 0 fully saturated rings. The van der Waals surface area contributed by atoms with Crippen molar-refractivity contribution in [3.8, 4) is 0 Å². The highest BCUT2D eigenvalue weighted by Gasteiger charge is 2.08. The largest absolute Gasteiger partial charge is 0.326 e. The van der Waals surface area contributed by atoms with E-state index in [4.69, 9.17) is 5.73 Å². The summed E-state index contributed by atoms with van der Waals surface area (Å²) >= 11 is 0. The number of aryl methyl sites for hydroxylation is 1. The quantitative estimate of drug-likeness (QED) is 0.682. The molecular weight excluding hydrogens is 164 g/mol. The van der Waals surface area contributed by atoms with Crippen LogP contribution in [0, 0.1) is 13.8 Å². The van der Waals surface area contributed by atoms with Crippen molar-refractivity contribution in [2.45, 2.75) is 20.4 Å². The van der Waals surface area contributed by atoms with Crippen LogP contribution in [0.1, 0.15) is 16.7 Å². The third-order valence-electron chi connectivity index (χ3n) is 2.46. The molecule has 0 amide bonds. The summed E-state index contributed by atoms with van der Waals surface area (Å²) in [4.78, 5) is 0. The van der Waals surface area contributed by atoms with Gasteiger partial charge in [-0.2, -0.15) is 15.4 Å². The third-order valence-corrected chi connectivity index (χ3v) is 2.46. The van der Waals surface area contributed by atoms with Crippen molar-refractivity contribution in [2.24, 2.45) is 5.73 Å². The number of nitrogens with zero attached hydrogens (tertiary/aromatic N) is 2. The van der Waals surface area contributed by atoms with Gasteiger partial charge in [-0.1, -0.05) is 0 Å². The van der Waals surface area contributed by atoms with Crippen molar-refractivity contribution in [1.82, 2.24) is 15.4 Å². The van der Waals surface area contributed by atoms with Gasteiger partial charge in [-0.25, -0.2) is 0 Å². The average Bonchev–Trinajstić information content (AvgIpc) is 2.54. The smallest absolute Gasteiger partial charge is 0.117 e. The number of aromatic nitrogens is 3. The van der Waals surface area contributed by atoms with Crippen LogP contribution in [0.15, 0.2) is 6.07 Å². The van der Waals surface area contributed by atoms with Crippen molar-refractivity contribution in [1.29, 1.82) is 0 Å². The van der Waals surface area contributed by atoms with E-state index in [1.807, 2.05) is 6.07 Å². The van der Waals surface area contributed by atoms with E-state index >= 15 is 0 Å². The molecule has 2 aromatic rings. The molecule has 1 aromatic heterocycles. The maximum Gasteiger partial charge on any atom is 0.117 e. The number of H-pyrrole nitrogens is 1. The van der Waals surface area contributed by atoms with E-state index in [0.29, 0.717) is 6.54 Å². The standard InChI is InChI=1S/C9H12N4/c1-5-3-8-9(12-13-11-8)7(4-10)6(5)2/h3H,4,10H2,1-2H3,(H,11,12,13). The van der Waals surface area contributed by atoms with Crippen LogP contribution in [0.4, 0.5) is 0 Å². The Morgan fingerprint density at radius 3 is 2.85 bits per heavy atom. The number of fused-ring (bicyclic) bond motifs is 1. The van der Waals surface area contributed by atoms with Gasteiger partial charge in [0.1, 0.15) is 11.0 Å². The fraction of sp³-hybridized carbons (Fsp3) is 0.333. The van der Waals surface area contributed by atoms with E-state index in [1.165, 1.54) is 11.1 Å². The number of rotatable bonds is 1. The zero-order chi connectivity index (χ0) is 9.42. The maximum atomic E-state index is 5.66. The lowest BCUT2D eigenvalue weighted by Gasteiger charge is -2.05. The normalized spacial score (nSPS) is 11.0. The van der Waals surface area contributed by atoms with Gasteiger partial charge in [0.15, 0.2) is 0 Å². The summed E-state index contributed by atoms with van der Waals surface area (Å²) in [6, 6.07) is 2.02. The first-order valence-corrected chi connectivity index (χ1v) is 4.23. The molecule has 0 bridgehead atoms. The zero-order valence-electron chi connectivity index (χ0n) is 7.76. The Bertz CT molecular complexity index is 444. The molecule has 0 atom stereocenters. The van der Waals surface area contributed by atoms with Crippen molar-refractivity contribution >= 4 is 11.0 Å². The predicted molar refractivity (Wildman–Crippen MR) is 51.3 cm³/mol.